The first kappa shape index (κ1) is 10.1. The first-order chi connectivity index (χ1) is 6.75. The summed E-state index contributed by atoms with van der Waals surface area (Å²) in [6.07, 6.45) is 3.54. The van der Waals surface area contributed by atoms with E-state index in [4.69, 9.17) is 5.73 Å². The van der Waals surface area contributed by atoms with Gasteiger partial charge in [-0.3, -0.25) is 0 Å². The van der Waals surface area contributed by atoms with Crippen molar-refractivity contribution < 1.29 is 0 Å². The predicted molar refractivity (Wildman–Crippen MR) is 61.7 cm³/mol. The van der Waals surface area contributed by atoms with Crippen LogP contribution in [0.4, 0.5) is 0 Å². The lowest BCUT2D eigenvalue weighted by Crippen LogP contribution is -2.49. The Labute approximate surface area is 89.7 Å². The van der Waals surface area contributed by atoms with Crippen molar-refractivity contribution in [2.45, 2.75) is 31.3 Å². The monoisotopic (exact) mass is 210 g/mol. The maximum absolute atomic E-state index is 5.77. The van der Waals surface area contributed by atoms with Crippen molar-refractivity contribution >= 4 is 11.3 Å². The molecule has 0 radical (unpaired) electrons. The van der Waals surface area contributed by atoms with Crippen molar-refractivity contribution in [1.29, 1.82) is 0 Å². The Morgan fingerprint density at radius 1 is 1.57 bits per heavy atom. The summed E-state index contributed by atoms with van der Waals surface area (Å²) in [6, 6.07) is 5.54. The van der Waals surface area contributed by atoms with Gasteiger partial charge in [-0.05, 0) is 37.8 Å². The largest absolute Gasteiger partial charge is 0.328 e. The minimum atomic E-state index is 0.462. The van der Waals surface area contributed by atoms with Crippen LogP contribution in [0.3, 0.4) is 0 Å². The molecule has 1 aliphatic rings. The zero-order chi connectivity index (χ0) is 9.97. The van der Waals surface area contributed by atoms with E-state index in [0.717, 1.165) is 12.6 Å². The molecular formula is C11H18N2S. The highest BCUT2D eigenvalue weighted by atomic mass is 32.1. The standard InChI is InChI=1S/C11H18N2S/c1-13(10-7-9(12)8-10)5-4-11-3-2-6-14-11/h2-3,6,9-10H,4-5,7-8,12H2,1H3. The molecule has 2 nitrogen and oxygen atoms in total. The lowest BCUT2D eigenvalue weighted by molar-refractivity contribution is 0.141. The molecule has 0 spiro atoms. The third kappa shape index (κ3) is 2.35. The lowest BCUT2D eigenvalue weighted by atomic mass is 9.86. The third-order valence-corrected chi connectivity index (χ3v) is 4.00. The first-order valence-corrected chi connectivity index (χ1v) is 6.12. The second kappa shape index (κ2) is 4.43. The van der Waals surface area contributed by atoms with Gasteiger partial charge in [-0.1, -0.05) is 6.07 Å². The molecule has 1 saturated carbocycles. The molecule has 0 amide bonds. The summed E-state index contributed by atoms with van der Waals surface area (Å²) in [5.74, 6) is 0. The maximum atomic E-state index is 5.77. The van der Waals surface area contributed by atoms with Crippen molar-refractivity contribution in [3.8, 4) is 0 Å². The number of hydrogen-bond donors (Lipinski definition) is 1. The summed E-state index contributed by atoms with van der Waals surface area (Å²) in [6.45, 7) is 1.16. The van der Waals surface area contributed by atoms with Gasteiger partial charge in [0, 0.05) is 23.5 Å². The second-order valence-corrected chi connectivity index (χ2v) is 5.23. The zero-order valence-corrected chi connectivity index (χ0v) is 9.46. The average molecular weight is 210 g/mol. The van der Waals surface area contributed by atoms with E-state index >= 15 is 0 Å². The van der Waals surface area contributed by atoms with Crippen LogP contribution in [0.15, 0.2) is 17.5 Å². The van der Waals surface area contributed by atoms with Crippen LogP contribution >= 0.6 is 11.3 Å². The van der Waals surface area contributed by atoms with Crippen LogP contribution in [0.5, 0.6) is 0 Å². The fraction of sp³-hybridized carbons (Fsp3) is 0.636. The predicted octanol–water partition coefficient (Wildman–Crippen LogP) is 1.71. The van der Waals surface area contributed by atoms with Crippen LogP contribution in [0.25, 0.3) is 0 Å². The summed E-state index contributed by atoms with van der Waals surface area (Å²) in [7, 11) is 2.21. The van der Waals surface area contributed by atoms with Crippen molar-refractivity contribution in [2.75, 3.05) is 13.6 Å². The molecule has 1 heterocycles. The van der Waals surface area contributed by atoms with Gasteiger partial charge in [0.25, 0.3) is 0 Å². The van der Waals surface area contributed by atoms with Crippen LogP contribution in [0, 0.1) is 0 Å². The molecule has 0 bridgehead atoms. The Bertz CT molecular complexity index is 265. The summed E-state index contributed by atoms with van der Waals surface area (Å²) in [4.78, 5) is 3.93. The molecule has 1 aromatic heterocycles. The molecule has 0 atom stereocenters. The van der Waals surface area contributed by atoms with Crippen LogP contribution in [0.2, 0.25) is 0 Å². The van der Waals surface area contributed by atoms with E-state index in [1.54, 1.807) is 0 Å². The molecule has 2 rings (SSSR count). The zero-order valence-electron chi connectivity index (χ0n) is 8.65. The highest BCUT2D eigenvalue weighted by molar-refractivity contribution is 7.09. The molecule has 14 heavy (non-hydrogen) atoms. The Kier molecular flexibility index (Phi) is 3.21. The molecule has 1 aromatic rings. The van der Waals surface area contributed by atoms with Gasteiger partial charge in [-0.25, -0.2) is 0 Å². The number of thiophene rings is 1. The number of nitrogens with zero attached hydrogens (tertiary/aromatic N) is 1. The molecule has 3 heteroatoms. The first-order valence-electron chi connectivity index (χ1n) is 5.24. The molecule has 0 aromatic carbocycles. The van der Waals surface area contributed by atoms with Crippen LogP contribution in [-0.2, 0) is 6.42 Å². The van der Waals surface area contributed by atoms with E-state index in [-0.39, 0.29) is 0 Å². The van der Waals surface area contributed by atoms with Crippen molar-refractivity contribution in [2.24, 2.45) is 5.73 Å². The molecular weight excluding hydrogens is 192 g/mol. The molecule has 1 aliphatic carbocycles. The Hall–Kier alpha value is -0.380. The summed E-state index contributed by atoms with van der Waals surface area (Å²) < 4.78 is 0. The smallest absolute Gasteiger partial charge is 0.0122 e. The van der Waals surface area contributed by atoms with Crippen molar-refractivity contribution in [3.63, 3.8) is 0 Å². The van der Waals surface area contributed by atoms with E-state index < -0.39 is 0 Å². The number of hydrogen-bond acceptors (Lipinski definition) is 3. The molecule has 0 saturated heterocycles. The topological polar surface area (TPSA) is 29.3 Å². The van der Waals surface area contributed by atoms with E-state index in [1.807, 2.05) is 11.3 Å². The Morgan fingerprint density at radius 3 is 2.93 bits per heavy atom. The van der Waals surface area contributed by atoms with Gasteiger partial charge in [0.2, 0.25) is 0 Å². The molecule has 0 aliphatic heterocycles. The molecule has 2 N–H and O–H groups in total. The number of nitrogens with two attached hydrogens (primary N) is 1. The van der Waals surface area contributed by atoms with Crippen molar-refractivity contribution in [3.05, 3.63) is 22.4 Å². The molecule has 0 unspecified atom stereocenters. The van der Waals surface area contributed by atoms with Gasteiger partial charge in [0.15, 0.2) is 0 Å². The van der Waals surface area contributed by atoms with E-state index in [1.165, 1.54) is 24.1 Å². The van der Waals surface area contributed by atoms with Gasteiger partial charge in [0.1, 0.15) is 0 Å². The fourth-order valence-electron chi connectivity index (χ4n) is 1.91. The Morgan fingerprint density at radius 2 is 2.36 bits per heavy atom. The fourth-order valence-corrected chi connectivity index (χ4v) is 2.61. The highest BCUT2D eigenvalue weighted by Gasteiger charge is 2.28. The highest BCUT2D eigenvalue weighted by Crippen LogP contribution is 2.23. The van der Waals surface area contributed by atoms with Crippen molar-refractivity contribution in [1.82, 2.24) is 4.90 Å². The van der Waals surface area contributed by atoms with E-state index in [9.17, 15) is 0 Å². The lowest BCUT2D eigenvalue weighted by Gasteiger charge is -2.39. The van der Waals surface area contributed by atoms with Gasteiger partial charge >= 0.3 is 0 Å². The molecule has 1 fully saturated rings. The maximum Gasteiger partial charge on any atom is 0.0122 e. The SMILES string of the molecule is CN(CCc1cccs1)C1CC(N)C1. The van der Waals surface area contributed by atoms with Gasteiger partial charge in [-0.15, -0.1) is 11.3 Å². The summed E-state index contributed by atoms with van der Waals surface area (Å²) >= 11 is 1.85. The van der Waals surface area contributed by atoms with Gasteiger partial charge < -0.3 is 10.6 Å². The quantitative estimate of drug-likeness (QED) is 0.820. The normalized spacial score (nSPS) is 26.5. The van der Waals surface area contributed by atoms with Crippen LogP contribution in [0.1, 0.15) is 17.7 Å². The van der Waals surface area contributed by atoms with Gasteiger partial charge in [-0.2, -0.15) is 0 Å². The number of rotatable bonds is 4. The Balaban J connectivity index is 1.70. The van der Waals surface area contributed by atoms with Crippen LogP contribution < -0.4 is 5.73 Å². The number of likely N-dealkylation sites (N-methyl/N-ethyl adjacent to an activating group) is 1. The van der Waals surface area contributed by atoms with E-state index in [2.05, 4.69) is 29.5 Å². The van der Waals surface area contributed by atoms with E-state index in [0.29, 0.717) is 6.04 Å². The summed E-state index contributed by atoms with van der Waals surface area (Å²) in [5, 5.41) is 2.15. The minimum Gasteiger partial charge on any atom is -0.328 e. The minimum absolute atomic E-state index is 0.462. The third-order valence-electron chi connectivity index (χ3n) is 3.06. The van der Waals surface area contributed by atoms with Crippen LogP contribution in [-0.4, -0.2) is 30.6 Å². The molecule has 78 valence electrons. The summed E-state index contributed by atoms with van der Waals surface area (Å²) in [5.41, 5.74) is 5.77. The average Bonchev–Trinajstić information content (AvgIpc) is 2.61. The van der Waals surface area contributed by atoms with Gasteiger partial charge in [0.05, 0.1) is 0 Å². The second-order valence-electron chi connectivity index (χ2n) is 4.20.